The lowest BCUT2D eigenvalue weighted by Gasteiger charge is -2.06. The number of hydrogen-bond acceptors (Lipinski definition) is 4. The van der Waals surface area contributed by atoms with Crippen molar-refractivity contribution >= 4 is 28.1 Å². The number of carbonyl (C=O) groups is 1. The molecule has 27 heavy (non-hydrogen) atoms. The summed E-state index contributed by atoms with van der Waals surface area (Å²) >= 11 is 3.24. The summed E-state index contributed by atoms with van der Waals surface area (Å²) in [6.07, 6.45) is 1.48. The van der Waals surface area contributed by atoms with Gasteiger partial charge in [0.1, 0.15) is 0 Å². The molecule has 5 nitrogen and oxygen atoms in total. The van der Waals surface area contributed by atoms with Gasteiger partial charge >= 0.3 is 0 Å². The molecule has 3 aromatic carbocycles. The number of amides is 1. The van der Waals surface area contributed by atoms with Crippen LogP contribution in [-0.4, -0.2) is 24.3 Å². The Kier molecular flexibility index (Phi) is 5.88. The predicted octanol–water partition coefficient (Wildman–Crippen LogP) is 4.59. The van der Waals surface area contributed by atoms with Crippen molar-refractivity contribution in [2.75, 3.05) is 7.11 Å². The fourth-order valence-corrected chi connectivity index (χ4v) is 2.96. The number of methoxy groups -OCH3 is 1. The van der Waals surface area contributed by atoms with Gasteiger partial charge in [0.25, 0.3) is 5.91 Å². The minimum atomic E-state index is -0.310. The van der Waals surface area contributed by atoms with Crippen molar-refractivity contribution in [2.45, 2.75) is 0 Å². The highest BCUT2D eigenvalue weighted by Gasteiger charge is 2.08. The van der Waals surface area contributed by atoms with E-state index in [2.05, 4.69) is 26.5 Å². The largest absolute Gasteiger partial charge is 0.503 e. The third-order valence-corrected chi connectivity index (χ3v) is 4.51. The van der Waals surface area contributed by atoms with Crippen LogP contribution in [0, 0.1) is 0 Å². The van der Waals surface area contributed by atoms with Gasteiger partial charge in [-0.25, -0.2) is 5.43 Å². The van der Waals surface area contributed by atoms with Crippen LogP contribution in [0.5, 0.6) is 11.5 Å². The molecule has 3 rings (SSSR count). The van der Waals surface area contributed by atoms with Crippen LogP contribution in [0.2, 0.25) is 0 Å². The van der Waals surface area contributed by atoms with Gasteiger partial charge in [-0.2, -0.15) is 5.10 Å². The molecule has 6 heteroatoms. The number of rotatable bonds is 5. The summed E-state index contributed by atoms with van der Waals surface area (Å²) in [5.41, 5.74) is 5.79. The summed E-state index contributed by atoms with van der Waals surface area (Å²) in [4.78, 5) is 12.2. The zero-order chi connectivity index (χ0) is 19.2. The number of nitrogens with one attached hydrogen (secondary N) is 1. The summed E-state index contributed by atoms with van der Waals surface area (Å²) in [5, 5.41) is 13.8. The van der Waals surface area contributed by atoms with Gasteiger partial charge in [-0.15, -0.1) is 0 Å². The molecule has 0 aliphatic heterocycles. The van der Waals surface area contributed by atoms with E-state index in [0.29, 0.717) is 21.3 Å². The predicted molar refractivity (Wildman–Crippen MR) is 109 cm³/mol. The first kappa shape index (κ1) is 18.7. The molecule has 0 saturated heterocycles. The fraction of sp³-hybridized carbons (Fsp3) is 0.0476. The van der Waals surface area contributed by atoms with E-state index in [9.17, 15) is 9.90 Å². The average Bonchev–Trinajstić information content (AvgIpc) is 2.71. The maximum Gasteiger partial charge on any atom is 0.271 e. The first-order valence-corrected chi connectivity index (χ1v) is 8.93. The number of phenolic OH excluding ortho intramolecular Hbond substituents is 1. The van der Waals surface area contributed by atoms with Gasteiger partial charge < -0.3 is 9.84 Å². The van der Waals surface area contributed by atoms with E-state index in [1.165, 1.54) is 13.3 Å². The molecule has 0 spiro atoms. The first-order valence-electron chi connectivity index (χ1n) is 8.14. The number of ether oxygens (including phenoxy) is 1. The lowest BCUT2D eigenvalue weighted by Crippen LogP contribution is -2.17. The van der Waals surface area contributed by atoms with Crippen molar-refractivity contribution < 1.29 is 14.6 Å². The number of hydrogen-bond donors (Lipinski definition) is 2. The molecule has 0 heterocycles. The molecule has 0 aliphatic carbocycles. The smallest absolute Gasteiger partial charge is 0.271 e. The summed E-state index contributed by atoms with van der Waals surface area (Å²) in [7, 11) is 1.46. The summed E-state index contributed by atoms with van der Waals surface area (Å²) in [5.74, 6) is 0.0153. The molecular weight excluding hydrogens is 408 g/mol. The third kappa shape index (κ3) is 4.54. The zero-order valence-corrected chi connectivity index (χ0v) is 16.1. The highest BCUT2D eigenvalue weighted by molar-refractivity contribution is 9.10. The lowest BCUT2D eigenvalue weighted by molar-refractivity contribution is 0.0955. The molecule has 0 atom stereocenters. The highest BCUT2D eigenvalue weighted by Crippen LogP contribution is 2.34. The number of nitrogens with zero attached hydrogens (tertiary/aromatic N) is 1. The van der Waals surface area contributed by atoms with Crippen molar-refractivity contribution in [3.05, 3.63) is 82.3 Å². The van der Waals surface area contributed by atoms with Gasteiger partial charge in [0, 0.05) is 5.56 Å². The van der Waals surface area contributed by atoms with Crippen molar-refractivity contribution in [2.24, 2.45) is 5.10 Å². The molecule has 0 aromatic heterocycles. The molecule has 0 bridgehead atoms. The van der Waals surface area contributed by atoms with Crippen molar-refractivity contribution in [3.8, 4) is 22.6 Å². The van der Waals surface area contributed by atoms with Crippen LogP contribution in [-0.2, 0) is 0 Å². The van der Waals surface area contributed by atoms with Crippen LogP contribution in [0.1, 0.15) is 15.9 Å². The minimum absolute atomic E-state index is 0.0113. The van der Waals surface area contributed by atoms with E-state index in [4.69, 9.17) is 4.74 Å². The third-order valence-electron chi connectivity index (χ3n) is 3.90. The fourth-order valence-electron chi connectivity index (χ4n) is 2.50. The Balaban J connectivity index is 1.67. The van der Waals surface area contributed by atoms with Gasteiger partial charge in [-0.3, -0.25) is 4.79 Å². The maximum absolute atomic E-state index is 12.2. The van der Waals surface area contributed by atoms with Crippen LogP contribution in [0.15, 0.2) is 76.3 Å². The Labute approximate surface area is 165 Å². The Morgan fingerprint density at radius 3 is 2.41 bits per heavy atom. The molecule has 136 valence electrons. The molecule has 0 unspecified atom stereocenters. The van der Waals surface area contributed by atoms with Crippen LogP contribution >= 0.6 is 15.9 Å². The van der Waals surface area contributed by atoms with Crippen LogP contribution in [0.25, 0.3) is 11.1 Å². The van der Waals surface area contributed by atoms with E-state index in [0.717, 1.165) is 11.1 Å². The number of benzene rings is 3. The summed E-state index contributed by atoms with van der Waals surface area (Å²) < 4.78 is 5.56. The normalized spacial score (nSPS) is 10.7. The van der Waals surface area contributed by atoms with E-state index >= 15 is 0 Å². The van der Waals surface area contributed by atoms with E-state index in [1.807, 2.05) is 42.5 Å². The Morgan fingerprint density at radius 2 is 1.74 bits per heavy atom. The topological polar surface area (TPSA) is 70.9 Å². The molecule has 0 radical (unpaired) electrons. The second kappa shape index (κ2) is 8.51. The number of hydrazone groups is 1. The van der Waals surface area contributed by atoms with E-state index in [1.54, 1.807) is 24.3 Å². The molecule has 3 aromatic rings. The first-order chi connectivity index (χ1) is 13.1. The number of aromatic hydroxyl groups is 1. The van der Waals surface area contributed by atoms with Gasteiger partial charge in [0.15, 0.2) is 11.5 Å². The van der Waals surface area contributed by atoms with E-state index < -0.39 is 0 Å². The monoisotopic (exact) mass is 424 g/mol. The van der Waals surface area contributed by atoms with Crippen LogP contribution in [0.4, 0.5) is 0 Å². The molecule has 1 amide bonds. The Bertz CT molecular complexity index is 971. The molecule has 0 fully saturated rings. The van der Waals surface area contributed by atoms with Crippen molar-refractivity contribution in [1.29, 1.82) is 0 Å². The van der Waals surface area contributed by atoms with Gasteiger partial charge in [-0.1, -0.05) is 42.5 Å². The second-order valence-corrected chi connectivity index (χ2v) is 6.55. The van der Waals surface area contributed by atoms with Crippen LogP contribution in [0.3, 0.4) is 0 Å². The number of phenols is 1. The summed E-state index contributed by atoms with van der Waals surface area (Å²) in [6, 6.07) is 20.5. The molecule has 0 aliphatic rings. The van der Waals surface area contributed by atoms with Gasteiger partial charge in [-0.05, 0) is 56.9 Å². The SMILES string of the molecule is COc1cc(/C=N\NC(=O)c2ccc(-c3ccccc3)cc2)cc(Br)c1O. The quantitative estimate of drug-likeness (QED) is 0.464. The van der Waals surface area contributed by atoms with Crippen molar-refractivity contribution in [1.82, 2.24) is 5.43 Å². The highest BCUT2D eigenvalue weighted by atomic mass is 79.9. The van der Waals surface area contributed by atoms with Gasteiger partial charge in [0.05, 0.1) is 17.8 Å². The van der Waals surface area contributed by atoms with Crippen LogP contribution < -0.4 is 10.2 Å². The lowest BCUT2D eigenvalue weighted by atomic mass is 10.0. The standard InChI is InChI=1S/C21H17BrN2O3/c1-27-19-12-14(11-18(22)20(19)25)13-23-24-21(26)17-9-7-16(8-10-17)15-5-3-2-4-6-15/h2-13,25H,1H3,(H,24,26)/b23-13-. The number of halogens is 1. The number of carbonyl (C=O) groups excluding carboxylic acids is 1. The average molecular weight is 425 g/mol. The van der Waals surface area contributed by atoms with Crippen molar-refractivity contribution in [3.63, 3.8) is 0 Å². The zero-order valence-electron chi connectivity index (χ0n) is 14.5. The Hall–Kier alpha value is -3.12. The van der Waals surface area contributed by atoms with Gasteiger partial charge in [0.2, 0.25) is 0 Å². The minimum Gasteiger partial charge on any atom is -0.503 e. The summed E-state index contributed by atoms with van der Waals surface area (Å²) in [6.45, 7) is 0. The maximum atomic E-state index is 12.2. The second-order valence-electron chi connectivity index (χ2n) is 5.70. The molecule has 2 N–H and O–H groups in total. The molecule has 0 saturated carbocycles. The molecular formula is C21H17BrN2O3. The Morgan fingerprint density at radius 1 is 1.07 bits per heavy atom. The van der Waals surface area contributed by atoms with E-state index in [-0.39, 0.29) is 11.7 Å².